The Morgan fingerprint density at radius 1 is 1.25 bits per heavy atom. The van der Waals surface area contributed by atoms with Crippen molar-refractivity contribution >= 4 is 5.82 Å². The van der Waals surface area contributed by atoms with E-state index >= 15 is 0 Å². The summed E-state index contributed by atoms with van der Waals surface area (Å²) in [7, 11) is 1.52. The van der Waals surface area contributed by atoms with Gasteiger partial charge in [-0.25, -0.2) is 9.37 Å². The Kier molecular flexibility index (Phi) is 2.72. The second-order valence-corrected chi connectivity index (χ2v) is 3.32. The third-order valence-corrected chi connectivity index (χ3v) is 2.26. The zero-order chi connectivity index (χ0) is 11.5. The molecule has 2 N–H and O–H groups in total. The average Bonchev–Trinajstić information content (AvgIpc) is 2.29. The van der Waals surface area contributed by atoms with Crippen LogP contribution < -0.4 is 10.5 Å². The summed E-state index contributed by atoms with van der Waals surface area (Å²) in [6.07, 6.45) is 1.59. The highest BCUT2D eigenvalue weighted by molar-refractivity contribution is 5.66. The lowest BCUT2D eigenvalue weighted by molar-refractivity contribution is 0.415. The smallest absolute Gasteiger partial charge is 0.166 e. The Hall–Kier alpha value is -2.10. The summed E-state index contributed by atoms with van der Waals surface area (Å²) in [5.41, 5.74) is 7.11. The Bertz CT molecular complexity index is 514. The van der Waals surface area contributed by atoms with Gasteiger partial charge in [-0.1, -0.05) is 12.1 Å². The number of anilines is 1. The number of ether oxygens (including phenoxy) is 1. The number of methoxy groups -OCH3 is 1. The molecular formula is C12H11FN2O. The highest BCUT2D eigenvalue weighted by atomic mass is 19.1. The summed E-state index contributed by atoms with van der Waals surface area (Å²) >= 11 is 0. The van der Waals surface area contributed by atoms with Gasteiger partial charge in [-0.2, -0.15) is 0 Å². The molecule has 1 aromatic carbocycles. The van der Waals surface area contributed by atoms with E-state index in [-0.39, 0.29) is 5.82 Å². The van der Waals surface area contributed by atoms with Gasteiger partial charge >= 0.3 is 0 Å². The van der Waals surface area contributed by atoms with Crippen molar-refractivity contribution in [2.75, 3.05) is 12.8 Å². The summed E-state index contributed by atoms with van der Waals surface area (Å²) in [5, 5.41) is 0. The third-order valence-electron chi connectivity index (χ3n) is 2.26. The highest BCUT2D eigenvalue weighted by Crippen LogP contribution is 2.26. The van der Waals surface area contributed by atoms with E-state index < -0.39 is 0 Å². The van der Waals surface area contributed by atoms with Crippen LogP contribution in [0.3, 0.4) is 0 Å². The van der Waals surface area contributed by atoms with Crippen molar-refractivity contribution in [3.8, 4) is 16.9 Å². The molecule has 0 unspecified atom stereocenters. The fraction of sp³-hybridized carbons (Fsp3) is 0.0833. The van der Waals surface area contributed by atoms with Gasteiger partial charge in [-0.05, 0) is 23.8 Å². The molecule has 0 atom stereocenters. The van der Waals surface area contributed by atoms with Gasteiger partial charge in [0.1, 0.15) is 5.82 Å². The molecule has 1 aromatic heterocycles. The molecule has 2 aromatic rings. The Balaban J connectivity index is 2.48. The van der Waals surface area contributed by atoms with Crippen molar-refractivity contribution in [3.05, 3.63) is 42.3 Å². The molecule has 16 heavy (non-hydrogen) atoms. The van der Waals surface area contributed by atoms with Gasteiger partial charge in [-0.15, -0.1) is 0 Å². The summed E-state index contributed by atoms with van der Waals surface area (Å²) in [5.74, 6) is 0.526. The van der Waals surface area contributed by atoms with Crippen molar-refractivity contribution in [1.29, 1.82) is 0 Å². The predicted molar refractivity (Wildman–Crippen MR) is 60.6 cm³/mol. The van der Waals surface area contributed by atoms with Crippen molar-refractivity contribution < 1.29 is 9.13 Å². The summed E-state index contributed by atoms with van der Waals surface area (Å²) < 4.78 is 18.1. The number of aromatic nitrogens is 1. The second kappa shape index (κ2) is 4.18. The maximum atomic E-state index is 13.0. The molecule has 0 radical (unpaired) electrons. The molecule has 0 fully saturated rings. The molecule has 1 heterocycles. The van der Waals surface area contributed by atoms with E-state index in [1.54, 1.807) is 24.4 Å². The number of rotatable bonds is 2. The number of hydrogen-bond acceptors (Lipinski definition) is 3. The number of nitrogen functional groups attached to an aromatic ring is 1. The maximum absolute atomic E-state index is 13.0. The SMILES string of the molecule is COc1cc(-c2cccc(F)c2)cnc1N. The van der Waals surface area contributed by atoms with E-state index in [4.69, 9.17) is 10.5 Å². The lowest BCUT2D eigenvalue weighted by atomic mass is 10.1. The Labute approximate surface area is 92.7 Å². The number of nitrogens with two attached hydrogens (primary N) is 1. The molecule has 0 saturated heterocycles. The fourth-order valence-corrected chi connectivity index (χ4v) is 1.44. The van der Waals surface area contributed by atoms with Crippen LogP contribution >= 0.6 is 0 Å². The Morgan fingerprint density at radius 2 is 2.06 bits per heavy atom. The van der Waals surface area contributed by atoms with Gasteiger partial charge in [0.25, 0.3) is 0 Å². The van der Waals surface area contributed by atoms with E-state index in [0.29, 0.717) is 11.6 Å². The van der Waals surface area contributed by atoms with E-state index in [1.807, 2.05) is 0 Å². The molecule has 0 saturated carbocycles. The van der Waals surface area contributed by atoms with Crippen LogP contribution in [0.4, 0.5) is 10.2 Å². The minimum absolute atomic E-state index is 0.284. The maximum Gasteiger partial charge on any atom is 0.166 e. The summed E-state index contributed by atoms with van der Waals surface area (Å²) in [4.78, 5) is 3.99. The predicted octanol–water partition coefficient (Wildman–Crippen LogP) is 2.48. The molecule has 0 amide bonds. The van der Waals surface area contributed by atoms with Crippen molar-refractivity contribution in [2.24, 2.45) is 0 Å². The molecule has 0 spiro atoms. The van der Waals surface area contributed by atoms with Crippen LogP contribution in [0.2, 0.25) is 0 Å². The number of nitrogens with zero attached hydrogens (tertiary/aromatic N) is 1. The minimum Gasteiger partial charge on any atom is -0.493 e. The van der Waals surface area contributed by atoms with Gasteiger partial charge in [0.15, 0.2) is 11.6 Å². The normalized spacial score (nSPS) is 10.1. The summed E-state index contributed by atoms with van der Waals surface area (Å²) in [6, 6.07) is 8.01. The van der Waals surface area contributed by atoms with Crippen LogP contribution in [0.15, 0.2) is 36.5 Å². The van der Waals surface area contributed by atoms with Gasteiger partial charge in [0.2, 0.25) is 0 Å². The molecule has 3 nitrogen and oxygen atoms in total. The van der Waals surface area contributed by atoms with Crippen molar-refractivity contribution in [1.82, 2.24) is 4.98 Å². The quantitative estimate of drug-likeness (QED) is 0.842. The van der Waals surface area contributed by atoms with E-state index in [0.717, 1.165) is 11.1 Å². The standard InChI is InChI=1S/C12H11FN2O/c1-16-11-6-9(7-15-12(11)14)8-3-2-4-10(13)5-8/h2-7H,1H3,(H2,14,15). The zero-order valence-corrected chi connectivity index (χ0v) is 8.77. The monoisotopic (exact) mass is 218 g/mol. The molecule has 0 aliphatic rings. The molecule has 2 rings (SSSR count). The van der Waals surface area contributed by atoms with Crippen molar-refractivity contribution in [2.45, 2.75) is 0 Å². The van der Waals surface area contributed by atoms with E-state index in [1.165, 1.54) is 19.2 Å². The van der Waals surface area contributed by atoms with Crippen LogP contribution in [0.25, 0.3) is 11.1 Å². The first-order chi connectivity index (χ1) is 7.70. The first-order valence-electron chi connectivity index (χ1n) is 4.76. The fourth-order valence-electron chi connectivity index (χ4n) is 1.44. The lowest BCUT2D eigenvalue weighted by Crippen LogP contribution is -1.95. The zero-order valence-electron chi connectivity index (χ0n) is 8.77. The second-order valence-electron chi connectivity index (χ2n) is 3.32. The van der Waals surface area contributed by atoms with Crippen LogP contribution in [0.1, 0.15) is 0 Å². The average molecular weight is 218 g/mol. The molecule has 4 heteroatoms. The van der Waals surface area contributed by atoms with Crippen molar-refractivity contribution in [3.63, 3.8) is 0 Å². The number of benzene rings is 1. The van der Waals surface area contributed by atoms with E-state index in [2.05, 4.69) is 4.98 Å². The van der Waals surface area contributed by atoms with Crippen LogP contribution in [0, 0.1) is 5.82 Å². The van der Waals surface area contributed by atoms with Crippen LogP contribution in [0.5, 0.6) is 5.75 Å². The van der Waals surface area contributed by atoms with Crippen LogP contribution in [-0.4, -0.2) is 12.1 Å². The van der Waals surface area contributed by atoms with Gasteiger partial charge < -0.3 is 10.5 Å². The molecule has 0 aliphatic heterocycles. The number of pyridine rings is 1. The number of halogens is 1. The molecule has 82 valence electrons. The third kappa shape index (κ3) is 1.95. The van der Waals surface area contributed by atoms with Gasteiger partial charge in [-0.3, -0.25) is 0 Å². The van der Waals surface area contributed by atoms with Crippen LogP contribution in [-0.2, 0) is 0 Å². The first kappa shape index (κ1) is 10.4. The van der Waals surface area contributed by atoms with E-state index in [9.17, 15) is 4.39 Å². The minimum atomic E-state index is -0.284. The number of hydrogen-bond donors (Lipinski definition) is 1. The lowest BCUT2D eigenvalue weighted by Gasteiger charge is -2.06. The Morgan fingerprint density at radius 3 is 2.75 bits per heavy atom. The van der Waals surface area contributed by atoms with Gasteiger partial charge in [0.05, 0.1) is 7.11 Å². The van der Waals surface area contributed by atoms with Gasteiger partial charge in [0, 0.05) is 11.8 Å². The first-order valence-corrected chi connectivity index (χ1v) is 4.76. The molecule has 0 bridgehead atoms. The molecule has 0 aliphatic carbocycles. The largest absolute Gasteiger partial charge is 0.493 e. The molecular weight excluding hydrogens is 207 g/mol. The summed E-state index contributed by atoms with van der Waals surface area (Å²) in [6.45, 7) is 0. The topological polar surface area (TPSA) is 48.1 Å². The highest BCUT2D eigenvalue weighted by Gasteiger charge is 2.05.